The molecule has 0 saturated heterocycles. The van der Waals surface area contributed by atoms with Gasteiger partial charge in [-0.1, -0.05) is 127 Å². The van der Waals surface area contributed by atoms with Crippen molar-refractivity contribution in [2.24, 2.45) is 0 Å². The van der Waals surface area contributed by atoms with Gasteiger partial charge in [0.15, 0.2) is 0 Å². The Bertz CT molecular complexity index is 3770. The van der Waals surface area contributed by atoms with E-state index < -0.39 is 108 Å². The van der Waals surface area contributed by atoms with Crippen molar-refractivity contribution in [3.63, 3.8) is 0 Å². The summed E-state index contributed by atoms with van der Waals surface area (Å²) in [5.41, 5.74) is 0.188. The van der Waals surface area contributed by atoms with Gasteiger partial charge in [0.2, 0.25) is 0 Å². The van der Waals surface area contributed by atoms with Crippen molar-refractivity contribution in [2.75, 3.05) is 0 Å². The summed E-state index contributed by atoms with van der Waals surface area (Å²) in [6, 6.07) is 8.10. The summed E-state index contributed by atoms with van der Waals surface area (Å²) < 4.78 is 164. The van der Waals surface area contributed by atoms with E-state index in [0.29, 0.717) is 38.2 Å². The molecule has 50 heavy (non-hydrogen) atoms. The first-order chi connectivity index (χ1) is 32.2. The standard InChI is InChI=1S/C48H30O2/c49-44-21-11-20-41-36(44)23-24-42-43-29-32(22-25-45(43)50-48(41)42)46-37-16-7-9-18-39(37)47(40-19-10-8-17-38(40)46)35-27-33(30-12-3-1-4-13-30)26-34(28-35)31-14-5-2-6-15-31/h1-29,49H/i1D,2D,3D,4D,5D,6D,11D,12D,13D,14D,15D,20D,21D,22D,23D,24D,25D,29D. The Morgan fingerprint density at radius 2 is 0.920 bits per heavy atom. The van der Waals surface area contributed by atoms with Crippen molar-refractivity contribution in [2.45, 2.75) is 0 Å². The van der Waals surface area contributed by atoms with E-state index in [9.17, 15) is 9.22 Å². The fourth-order valence-corrected chi connectivity index (χ4v) is 6.71. The molecule has 1 aromatic heterocycles. The van der Waals surface area contributed by atoms with Gasteiger partial charge in [0.1, 0.15) is 16.9 Å². The smallest absolute Gasteiger partial charge is 0.143 e. The molecule has 0 bridgehead atoms. The van der Waals surface area contributed by atoms with E-state index in [-0.39, 0.29) is 66.6 Å². The number of hydrogen-bond donors (Lipinski definition) is 1. The van der Waals surface area contributed by atoms with Gasteiger partial charge in [0, 0.05) is 21.5 Å². The van der Waals surface area contributed by atoms with E-state index in [1.807, 2.05) is 0 Å². The fourth-order valence-electron chi connectivity index (χ4n) is 6.71. The van der Waals surface area contributed by atoms with Crippen molar-refractivity contribution >= 4 is 54.3 Å². The third-order valence-corrected chi connectivity index (χ3v) is 8.83. The van der Waals surface area contributed by atoms with Gasteiger partial charge in [-0.05, 0) is 114 Å². The van der Waals surface area contributed by atoms with E-state index in [1.54, 1.807) is 60.7 Å². The zero-order valence-corrected chi connectivity index (χ0v) is 25.7. The third kappa shape index (κ3) is 4.43. The van der Waals surface area contributed by atoms with Crippen LogP contribution in [0, 0.1) is 0 Å². The maximum atomic E-state index is 10.9. The van der Waals surface area contributed by atoms with Gasteiger partial charge in [-0.3, -0.25) is 0 Å². The lowest BCUT2D eigenvalue weighted by Gasteiger charge is -2.19. The largest absolute Gasteiger partial charge is 0.507 e. The summed E-state index contributed by atoms with van der Waals surface area (Å²) in [7, 11) is 0. The summed E-state index contributed by atoms with van der Waals surface area (Å²) in [6.07, 6.45) is 0. The maximum Gasteiger partial charge on any atom is 0.143 e. The number of phenolic OH excluding ortho intramolecular Hbond substituents is 1. The number of hydrogen-bond acceptors (Lipinski definition) is 2. The van der Waals surface area contributed by atoms with Crippen LogP contribution in [0.25, 0.3) is 98.8 Å². The van der Waals surface area contributed by atoms with Gasteiger partial charge in [-0.25, -0.2) is 0 Å². The van der Waals surface area contributed by atoms with Gasteiger partial charge >= 0.3 is 0 Å². The molecule has 1 N–H and O–H groups in total. The minimum Gasteiger partial charge on any atom is -0.507 e. The Hall–Kier alpha value is -6.64. The van der Waals surface area contributed by atoms with E-state index in [0.717, 1.165) is 0 Å². The molecule has 10 rings (SSSR count). The van der Waals surface area contributed by atoms with Crippen LogP contribution in [0.4, 0.5) is 0 Å². The molecule has 0 aliphatic heterocycles. The van der Waals surface area contributed by atoms with Crippen LogP contribution in [0.3, 0.4) is 0 Å². The molecule has 0 saturated carbocycles. The zero-order chi connectivity index (χ0) is 48.8. The highest BCUT2D eigenvalue weighted by Crippen LogP contribution is 2.46. The topological polar surface area (TPSA) is 33.4 Å². The summed E-state index contributed by atoms with van der Waals surface area (Å²) in [5, 5.41) is 11.8. The highest BCUT2D eigenvalue weighted by Gasteiger charge is 2.19. The van der Waals surface area contributed by atoms with Crippen LogP contribution < -0.4 is 0 Å². The van der Waals surface area contributed by atoms with Gasteiger partial charge in [0.05, 0.1) is 24.7 Å². The van der Waals surface area contributed by atoms with Gasteiger partial charge in [-0.2, -0.15) is 0 Å². The predicted octanol–water partition coefficient (Wildman–Crippen LogP) is 13.4. The zero-order valence-electron chi connectivity index (χ0n) is 43.7. The van der Waals surface area contributed by atoms with E-state index in [2.05, 4.69) is 0 Å². The second-order valence-electron chi connectivity index (χ2n) is 11.6. The number of furan rings is 1. The number of aromatic hydroxyl groups is 1. The SMILES string of the molecule is [2H]c1c([2H])c([2H])c(-c2cc(-c3c([2H])c([2H])c([2H])c([2H])c3[2H])cc(-c3c4ccccc4c(-c4c([2H])c([2H])c5oc6c7c([2H])c([2H])c([2H])c(O)c7c([2H])c([2H])c6c5c4[2H])c4ccccc34)c2)c([2H])c1[2H]. The second-order valence-corrected chi connectivity index (χ2v) is 11.6. The molecule has 1 heterocycles. The Labute approximate surface area is 314 Å². The molecular weight excluding hydrogens is 609 g/mol. The first-order valence-electron chi connectivity index (χ1n) is 24.5. The molecule has 0 aliphatic carbocycles. The molecule has 0 amide bonds. The second kappa shape index (κ2) is 11.2. The van der Waals surface area contributed by atoms with Crippen LogP contribution in [-0.2, 0) is 0 Å². The molecule has 10 aromatic rings. The van der Waals surface area contributed by atoms with Crippen molar-refractivity contribution in [1.29, 1.82) is 0 Å². The van der Waals surface area contributed by atoms with Crippen molar-refractivity contribution < 1.29 is 34.2 Å². The first kappa shape index (κ1) is 15.7. The molecular formula is C48H30O2. The summed E-state index contributed by atoms with van der Waals surface area (Å²) in [6.45, 7) is 0. The first-order valence-corrected chi connectivity index (χ1v) is 15.5. The molecule has 0 aliphatic rings. The van der Waals surface area contributed by atoms with E-state index in [4.69, 9.17) is 25.0 Å². The van der Waals surface area contributed by atoms with Gasteiger partial charge in [-0.15, -0.1) is 0 Å². The van der Waals surface area contributed by atoms with Crippen LogP contribution in [-0.4, -0.2) is 5.11 Å². The Balaban J connectivity index is 1.35. The van der Waals surface area contributed by atoms with Crippen molar-refractivity contribution in [3.8, 4) is 50.3 Å². The quantitative estimate of drug-likeness (QED) is 0.191. The predicted molar refractivity (Wildman–Crippen MR) is 210 cm³/mol. The summed E-state index contributed by atoms with van der Waals surface area (Å²) in [4.78, 5) is 0. The number of benzene rings is 9. The molecule has 0 atom stereocenters. The minimum absolute atomic E-state index is 0.0699. The monoisotopic (exact) mass is 656 g/mol. The van der Waals surface area contributed by atoms with E-state index in [1.165, 1.54) is 6.07 Å². The fraction of sp³-hybridized carbons (Fsp3) is 0. The van der Waals surface area contributed by atoms with E-state index >= 15 is 0 Å². The summed E-state index contributed by atoms with van der Waals surface area (Å²) >= 11 is 0. The lowest BCUT2D eigenvalue weighted by atomic mass is 9.84. The number of fused-ring (bicyclic) bond motifs is 7. The Morgan fingerprint density at radius 3 is 1.52 bits per heavy atom. The van der Waals surface area contributed by atoms with Crippen molar-refractivity contribution in [3.05, 3.63) is 175 Å². The molecule has 2 nitrogen and oxygen atoms in total. The average molecular weight is 657 g/mol. The average Bonchev–Trinajstić information content (AvgIpc) is 3.74. The van der Waals surface area contributed by atoms with Crippen LogP contribution in [0.2, 0.25) is 0 Å². The van der Waals surface area contributed by atoms with Gasteiger partial charge < -0.3 is 9.52 Å². The molecule has 0 spiro atoms. The lowest BCUT2D eigenvalue weighted by molar-refractivity contribution is 0.481. The van der Waals surface area contributed by atoms with Crippen LogP contribution in [0.5, 0.6) is 5.75 Å². The molecule has 234 valence electrons. The molecule has 0 radical (unpaired) electrons. The van der Waals surface area contributed by atoms with Crippen LogP contribution in [0.1, 0.15) is 24.7 Å². The molecule has 9 aromatic carbocycles. The Morgan fingerprint density at radius 1 is 0.400 bits per heavy atom. The highest BCUT2D eigenvalue weighted by atomic mass is 16.3. The van der Waals surface area contributed by atoms with Gasteiger partial charge in [0.25, 0.3) is 0 Å². The summed E-state index contributed by atoms with van der Waals surface area (Å²) in [5.74, 6) is -0.807. The maximum absolute atomic E-state index is 10.9. The number of phenols is 1. The Kier molecular flexibility index (Phi) is 3.53. The number of rotatable bonds is 4. The van der Waals surface area contributed by atoms with Crippen LogP contribution in [0.15, 0.2) is 180 Å². The highest BCUT2D eigenvalue weighted by molar-refractivity contribution is 6.23. The minimum atomic E-state index is -0.807. The molecule has 0 unspecified atom stereocenters. The molecule has 0 fully saturated rings. The normalized spacial score (nSPS) is 16.7. The van der Waals surface area contributed by atoms with Crippen LogP contribution >= 0.6 is 0 Å². The third-order valence-electron chi connectivity index (χ3n) is 8.83. The van der Waals surface area contributed by atoms with Crippen molar-refractivity contribution in [1.82, 2.24) is 0 Å². The molecule has 2 heteroatoms. The lowest BCUT2D eigenvalue weighted by Crippen LogP contribution is -1.92.